The second-order valence-corrected chi connectivity index (χ2v) is 4.92. The van der Waals surface area contributed by atoms with E-state index in [9.17, 15) is 0 Å². The van der Waals surface area contributed by atoms with Gasteiger partial charge in [-0.3, -0.25) is 0 Å². The first-order valence-corrected chi connectivity index (χ1v) is 5.49. The Hall–Kier alpha value is -2.57. The number of nitriles is 3. The monoisotopic (exact) mass is 235 g/mol. The van der Waals surface area contributed by atoms with E-state index in [1.165, 1.54) is 0 Å². The van der Waals surface area contributed by atoms with Gasteiger partial charge in [0.05, 0.1) is 5.57 Å². The van der Waals surface area contributed by atoms with Crippen molar-refractivity contribution in [2.24, 2.45) is 0 Å². The molecule has 0 aliphatic heterocycles. The topological polar surface area (TPSA) is 71.4 Å². The van der Waals surface area contributed by atoms with Gasteiger partial charge >= 0.3 is 0 Å². The quantitative estimate of drug-likeness (QED) is 0.701. The fourth-order valence-electron chi connectivity index (χ4n) is 1.54. The lowest BCUT2D eigenvalue weighted by atomic mass is 9.85. The van der Waals surface area contributed by atoms with E-state index in [2.05, 4.69) is 20.8 Å². The Bertz CT molecular complexity index is 595. The Kier molecular flexibility index (Phi) is 3.88. The maximum atomic E-state index is 9.10. The molecule has 0 fully saturated rings. The maximum absolute atomic E-state index is 9.10. The van der Waals surface area contributed by atoms with E-state index < -0.39 is 0 Å². The summed E-state index contributed by atoms with van der Waals surface area (Å²) in [7, 11) is 0. The van der Waals surface area contributed by atoms with Crippen molar-refractivity contribution in [2.75, 3.05) is 0 Å². The molecule has 1 rings (SSSR count). The van der Waals surface area contributed by atoms with Crippen LogP contribution in [0.5, 0.6) is 0 Å². The summed E-state index contributed by atoms with van der Waals surface area (Å²) in [5.74, 6) is 0. The van der Waals surface area contributed by atoms with E-state index in [-0.39, 0.29) is 16.6 Å². The van der Waals surface area contributed by atoms with Gasteiger partial charge in [0, 0.05) is 0 Å². The molecule has 0 bridgehead atoms. The molecular formula is C15H13N3. The van der Waals surface area contributed by atoms with Crippen molar-refractivity contribution in [2.45, 2.75) is 26.2 Å². The van der Waals surface area contributed by atoms with Gasteiger partial charge in [0.2, 0.25) is 0 Å². The van der Waals surface area contributed by atoms with Gasteiger partial charge in [-0.25, -0.2) is 0 Å². The van der Waals surface area contributed by atoms with Crippen LogP contribution in [0, 0.1) is 34.0 Å². The molecule has 3 nitrogen and oxygen atoms in total. The summed E-state index contributed by atoms with van der Waals surface area (Å²) >= 11 is 0. The Labute approximate surface area is 107 Å². The highest BCUT2D eigenvalue weighted by molar-refractivity contribution is 5.84. The molecule has 0 spiro atoms. The first kappa shape index (κ1) is 13.5. The predicted molar refractivity (Wildman–Crippen MR) is 68.9 cm³/mol. The lowest BCUT2D eigenvalue weighted by molar-refractivity contribution is 0.590. The Morgan fingerprint density at radius 1 is 1.00 bits per heavy atom. The number of allylic oxidation sites excluding steroid dienone is 2. The molecule has 18 heavy (non-hydrogen) atoms. The van der Waals surface area contributed by atoms with Crippen LogP contribution in [-0.2, 0) is 5.41 Å². The summed E-state index contributed by atoms with van der Waals surface area (Å²) in [6.45, 7) is 6.20. The van der Waals surface area contributed by atoms with Crippen LogP contribution in [-0.4, -0.2) is 0 Å². The molecule has 0 aliphatic carbocycles. The third-order valence-corrected chi connectivity index (χ3v) is 2.60. The third-order valence-electron chi connectivity index (χ3n) is 2.60. The molecule has 1 aromatic rings. The number of rotatable bonds is 1. The van der Waals surface area contributed by atoms with Crippen LogP contribution in [0.15, 0.2) is 29.8 Å². The zero-order chi connectivity index (χ0) is 13.8. The molecule has 0 N–H and O–H groups in total. The van der Waals surface area contributed by atoms with Crippen LogP contribution < -0.4 is 0 Å². The number of nitrogens with zero attached hydrogens (tertiary/aromatic N) is 3. The van der Waals surface area contributed by atoms with E-state index >= 15 is 0 Å². The lowest BCUT2D eigenvalue weighted by Crippen LogP contribution is -2.11. The van der Waals surface area contributed by atoms with Crippen LogP contribution in [0.1, 0.15) is 31.9 Å². The van der Waals surface area contributed by atoms with Crippen molar-refractivity contribution >= 4 is 5.57 Å². The standard InChI is InChI=1S/C15H13N3/c1-15(2,3)13-6-4-5-11(7-13)14(10-18)12(8-16)9-17/h4-7H,1-3H3. The molecule has 3 heteroatoms. The van der Waals surface area contributed by atoms with Gasteiger partial charge in [-0.1, -0.05) is 39.0 Å². The van der Waals surface area contributed by atoms with Crippen LogP contribution in [0.25, 0.3) is 5.57 Å². The largest absolute Gasteiger partial charge is 0.192 e. The lowest BCUT2D eigenvalue weighted by Gasteiger charge is -2.19. The summed E-state index contributed by atoms with van der Waals surface area (Å²) in [6.07, 6.45) is 0. The fourth-order valence-corrected chi connectivity index (χ4v) is 1.54. The van der Waals surface area contributed by atoms with Gasteiger partial charge in [0.1, 0.15) is 23.8 Å². The van der Waals surface area contributed by atoms with Gasteiger partial charge in [-0.05, 0) is 22.6 Å². The van der Waals surface area contributed by atoms with Crippen molar-refractivity contribution in [3.63, 3.8) is 0 Å². The van der Waals surface area contributed by atoms with E-state index in [1.807, 2.05) is 24.3 Å². The van der Waals surface area contributed by atoms with Crippen molar-refractivity contribution in [3.05, 3.63) is 41.0 Å². The van der Waals surface area contributed by atoms with Crippen LogP contribution in [0.4, 0.5) is 0 Å². The molecule has 0 saturated heterocycles. The van der Waals surface area contributed by atoms with Crippen molar-refractivity contribution in [1.29, 1.82) is 15.8 Å². The summed E-state index contributed by atoms with van der Waals surface area (Å²) < 4.78 is 0. The zero-order valence-corrected chi connectivity index (χ0v) is 10.7. The normalized spacial score (nSPS) is 9.78. The first-order valence-electron chi connectivity index (χ1n) is 5.49. The SMILES string of the molecule is CC(C)(C)c1cccc(C(C#N)=C(C#N)C#N)c1. The summed E-state index contributed by atoms with van der Waals surface area (Å²) in [4.78, 5) is 0. The Balaban J connectivity index is 3.46. The molecule has 0 radical (unpaired) electrons. The second kappa shape index (κ2) is 5.17. The van der Waals surface area contributed by atoms with E-state index in [4.69, 9.17) is 15.8 Å². The minimum Gasteiger partial charge on any atom is -0.192 e. The highest BCUT2D eigenvalue weighted by Crippen LogP contribution is 2.26. The molecule has 0 atom stereocenters. The number of hydrogen-bond donors (Lipinski definition) is 0. The second-order valence-electron chi connectivity index (χ2n) is 4.92. The minimum absolute atomic E-state index is 0.0456. The smallest absolute Gasteiger partial charge is 0.148 e. The highest BCUT2D eigenvalue weighted by atomic mass is 14.3. The summed E-state index contributed by atoms with van der Waals surface area (Å²) in [5.41, 5.74) is 1.61. The Morgan fingerprint density at radius 2 is 1.61 bits per heavy atom. The van der Waals surface area contributed by atoms with Crippen LogP contribution in [0.3, 0.4) is 0 Å². The van der Waals surface area contributed by atoms with Gasteiger partial charge in [-0.15, -0.1) is 0 Å². The average Bonchev–Trinajstić information content (AvgIpc) is 2.35. The highest BCUT2D eigenvalue weighted by Gasteiger charge is 2.16. The number of benzene rings is 1. The molecule has 0 saturated carbocycles. The zero-order valence-electron chi connectivity index (χ0n) is 10.7. The summed E-state index contributed by atoms with van der Waals surface area (Å²) in [6, 6.07) is 12.8. The molecule has 0 aromatic heterocycles. The van der Waals surface area contributed by atoms with Crippen LogP contribution in [0.2, 0.25) is 0 Å². The van der Waals surface area contributed by atoms with Gasteiger partial charge in [-0.2, -0.15) is 15.8 Å². The number of hydrogen-bond acceptors (Lipinski definition) is 3. The first-order chi connectivity index (χ1) is 8.43. The van der Waals surface area contributed by atoms with Gasteiger partial charge in [0.15, 0.2) is 0 Å². The average molecular weight is 235 g/mol. The molecule has 1 aromatic carbocycles. The predicted octanol–water partition coefficient (Wildman–Crippen LogP) is 3.31. The van der Waals surface area contributed by atoms with Crippen molar-refractivity contribution < 1.29 is 0 Å². The molecule has 0 unspecified atom stereocenters. The van der Waals surface area contributed by atoms with E-state index in [1.54, 1.807) is 18.2 Å². The molecular weight excluding hydrogens is 222 g/mol. The van der Waals surface area contributed by atoms with E-state index in [0.29, 0.717) is 5.56 Å². The molecule has 0 amide bonds. The maximum Gasteiger partial charge on any atom is 0.148 e. The molecule has 88 valence electrons. The summed E-state index contributed by atoms with van der Waals surface area (Å²) in [5, 5.41) is 26.8. The van der Waals surface area contributed by atoms with Gasteiger partial charge in [0.25, 0.3) is 0 Å². The van der Waals surface area contributed by atoms with Gasteiger partial charge < -0.3 is 0 Å². The molecule has 0 aliphatic rings. The fraction of sp³-hybridized carbons (Fsp3) is 0.267. The van der Waals surface area contributed by atoms with Crippen LogP contribution >= 0.6 is 0 Å². The van der Waals surface area contributed by atoms with Crippen molar-refractivity contribution in [1.82, 2.24) is 0 Å². The minimum atomic E-state index is -0.149. The van der Waals surface area contributed by atoms with Crippen molar-refractivity contribution in [3.8, 4) is 18.2 Å². The Morgan fingerprint density at radius 3 is 2.06 bits per heavy atom. The third kappa shape index (κ3) is 2.76. The van der Waals surface area contributed by atoms with E-state index in [0.717, 1.165) is 5.56 Å². The molecule has 0 heterocycles.